The lowest BCUT2D eigenvalue weighted by atomic mass is 10.2. The Kier molecular flexibility index (Phi) is 6.20. The molecular formula is C23H23FN4O3S. The summed E-state index contributed by atoms with van der Waals surface area (Å²) in [4.78, 5) is 18.9. The van der Waals surface area contributed by atoms with Gasteiger partial charge in [0.25, 0.3) is 5.91 Å². The van der Waals surface area contributed by atoms with E-state index in [4.69, 9.17) is 0 Å². The number of sulfonamides is 1. The van der Waals surface area contributed by atoms with Gasteiger partial charge < -0.3 is 10.2 Å². The van der Waals surface area contributed by atoms with Gasteiger partial charge in [-0.25, -0.2) is 17.8 Å². The van der Waals surface area contributed by atoms with Gasteiger partial charge in [0.2, 0.25) is 10.0 Å². The Bertz CT molecular complexity index is 1220. The van der Waals surface area contributed by atoms with E-state index < -0.39 is 15.9 Å². The largest absolute Gasteiger partial charge is 0.369 e. The Hall–Kier alpha value is -3.30. The summed E-state index contributed by atoms with van der Waals surface area (Å²) >= 11 is 0. The lowest BCUT2D eigenvalue weighted by molar-refractivity contribution is 0.102. The average Bonchev–Trinajstić information content (AvgIpc) is 2.80. The zero-order valence-electron chi connectivity index (χ0n) is 17.5. The quantitative estimate of drug-likeness (QED) is 0.640. The molecule has 0 unspecified atom stereocenters. The maximum absolute atomic E-state index is 13.2. The minimum absolute atomic E-state index is 0.0672. The van der Waals surface area contributed by atoms with Crippen LogP contribution in [0.15, 0.2) is 71.6 Å². The lowest BCUT2D eigenvalue weighted by Crippen LogP contribution is -2.48. The first-order valence-corrected chi connectivity index (χ1v) is 11.6. The van der Waals surface area contributed by atoms with E-state index in [1.165, 1.54) is 28.6 Å². The molecular weight excluding hydrogens is 431 g/mol. The van der Waals surface area contributed by atoms with Crippen molar-refractivity contribution in [1.82, 2.24) is 9.29 Å². The van der Waals surface area contributed by atoms with E-state index >= 15 is 0 Å². The molecule has 0 bridgehead atoms. The molecule has 0 spiro atoms. The van der Waals surface area contributed by atoms with Gasteiger partial charge in [0.15, 0.2) is 0 Å². The van der Waals surface area contributed by atoms with Crippen molar-refractivity contribution in [3.63, 3.8) is 0 Å². The van der Waals surface area contributed by atoms with Crippen molar-refractivity contribution in [2.75, 3.05) is 36.4 Å². The maximum atomic E-state index is 13.2. The second-order valence-corrected chi connectivity index (χ2v) is 9.45. The molecule has 1 fully saturated rings. The molecule has 1 saturated heterocycles. The Labute approximate surface area is 186 Å². The standard InChI is InChI=1S/C23H23FN4O3S/c1-17-4-2-7-22(25-17)26-23(29)18-5-3-6-21(16-18)32(30,31)28-14-12-27(13-15-28)20-10-8-19(24)9-11-20/h2-11,16H,12-15H2,1H3,(H,25,26,29). The SMILES string of the molecule is Cc1cccc(NC(=O)c2cccc(S(=O)(=O)N3CCN(c4ccc(F)cc4)CC3)c2)n1. The highest BCUT2D eigenvalue weighted by atomic mass is 32.2. The van der Waals surface area contributed by atoms with E-state index in [2.05, 4.69) is 10.3 Å². The van der Waals surface area contributed by atoms with Crippen LogP contribution in [0.3, 0.4) is 0 Å². The molecule has 1 aliphatic rings. The van der Waals surface area contributed by atoms with Crippen LogP contribution >= 0.6 is 0 Å². The molecule has 7 nitrogen and oxygen atoms in total. The summed E-state index contributed by atoms with van der Waals surface area (Å²) in [6.45, 7) is 3.39. The number of anilines is 2. The molecule has 0 atom stereocenters. The van der Waals surface area contributed by atoms with Gasteiger partial charge >= 0.3 is 0 Å². The normalized spacial score (nSPS) is 14.9. The molecule has 32 heavy (non-hydrogen) atoms. The van der Waals surface area contributed by atoms with Crippen molar-refractivity contribution >= 4 is 27.4 Å². The number of benzene rings is 2. The second kappa shape index (κ2) is 9.05. The first kappa shape index (κ1) is 21.9. The van der Waals surface area contributed by atoms with Crippen LogP contribution in [0.4, 0.5) is 15.9 Å². The Balaban J connectivity index is 1.46. The molecule has 2 heterocycles. The number of carbonyl (C=O) groups is 1. The first-order valence-electron chi connectivity index (χ1n) is 10.2. The van der Waals surface area contributed by atoms with Gasteiger partial charge in [-0.15, -0.1) is 0 Å². The number of aromatic nitrogens is 1. The Morgan fingerprint density at radius 1 is 0.969 bits per heavy atom. The third-order valence-electron chi connectivity index (χ3n) is 5.29. The predicted molar refractivity (Wildman–Crippen MR) is 121 cm³/mol. The number of hydrogen-bond acceptors (Lipinski definition) is 5. The maximum Gasteiger partial charge on any atom is 0.256 e. The second-order valence-electron chi connectivity index (χ2n) is 7.51. The van der Waals surface area contributed by atoms with Crippen molar-refractivity contribution in [1.29, 1.82) is 0 Å². The number of rotatable bonds is 5. The molecule has 2 aromatic carbocycles. The van der Waals surface area contributed by atoms with Gasteiger partial charge in [-0.3, -0.25) is 4.79 Å². The van der Waals surface area contributed by atoms with Crippen molar-refractivity contribution < 1.29 is 17.6 Å². The van der Waals surface area contributed by atoms with Crippen LogP contribution in [0, 0.1) is 12.7 Å². The van der Waals surface area contributed by atoms with Crippen LogP contribution in [0.2, 0.25) is 0 Å². The van der Waals surface area contributed by atoms with Gasteiger partial charge in [0.1, 0.15) is 11.6 Å². The summed E-state index contributed by atoms with van der Waals surface area (Å²) in [6, 6.07) is 17.4. The number of nitrogens with zero attached hydrogens (tertiary/aromatic N) is 3. The predicted octanol–water partition coefficient (Wildman–Crippen LogP) is 3.29. The van der Waals surface area contributed by atoms with Gasteiger partial charge in [-0.1, -0.05) is 12.1 Å². The summed E-state index contributed by atoms with van der Waals surface area (Å²) in [5.74, 6) is -0.335. The minimum atomic E-state index is -3.76. The zero-order valence-corrected chi connectivity index (χ0v) is 18.3. The first-order chi connectivity index (χ1) is 15.3. The van der Waals surface area contributed by atoms with Crippen LogP contribution in [0.1, 0.15) is 16.1 Å². The molecule has 1 N–H and O–H groups in total. The van der Waals surface area contributed by atoms with Crippen molar-refractivity contribution in [2.24, 2.45) is 0 Å². The Morgan fingerprint density at radius 2 is 1.66 bits per heavy atom. The number of piperazine rings is 1. The number of carbonyl (C=O) groups excluding carboxylic acids is 1. The van der Waals surface area contributed by atoms with Crippen molar-refractivity contribution in [2.45, 2.75) is 11.8 Å². The van der Waals surface area contributed by atoms with Gasteiger partial charge in [-0.05, 0) is 61.5 Å². The number of halogens is 1. The fourth-order valence-corrected chi connectivity index (χ4v) is 5.06. The number of pyridine rings is 1. The smallest absolute Gasteiger partial charge is 0.256 e. The topological polar surface area (TPSA) is 82.6 Å². The third kappa shape index (κ3) is 4.79. The monoisotopic (exact) mass is 454 g/mol. The number of nitrogens with one attached hydrogen (secondary N) is 1. The highest BCUT2D eigenvalue weighted by Gasteiger charge is 2.29. The Morgan fingerprint density at radius 3 is 2.34 bits per heavy atom. The molecule has 9 heteroatoms. The molecule has 0 saturated carbocycles. The van der Waals surface area contributed by atoms with Crippen molar-refractivity contribution in [3.8, 4) is 0 Å². The van der Waals surface area contributed by atoms with E-state index in [1.807, 2.05) is 17.9 Å². The van der Waals surface area contributed by atoms with Crippen LogP contribution in [0.25, 0.3) is 0 Å². The molecule has 0 aliphatic carbocycles. The van der Waals surface area contributed by atoms with Crippen LogP contribution in [-0.2, 0) is 10.0 Å². The third-order valence-corrected chi connectivity index (χ3v) is 7.19. The summed E-state index contributed by atoms with van der Waals surface area (Å²) in [6.07, 6.45) is 0. The van der Waals surface area contributed by atoms with Gasteiger partial charge in [0, 0.05) is 43.1 Å². The van der Waals surface area contributed by atoms with Crippen LogP contribution in [0.5, 0.6) is 0 Å². The molecule has 0 radical (unpaired) electrons. The summed E-state index contributed by atoms with van der Waals surface area (Å²) in [5.41, 5.74) is 1.85. The van der Waals surface area contributed by atoms with E-state index in [-0.39, 0.29) is 16.3 Å². The number of aryl methyl sites for hydroxylation is 1. The lowest BCUT2D eigenvalue weighted by Gasteiger charge is -2.35. The number of hydrogen-bond donors (Lipinski definition) is 1. The fourth-order valence-electron chi connectivity index (χ4n) is 3.59. The summed E-state index contributed by atoms with van der Waals surface area (Å²) < 4.78 is 40.9. The molecule has 3 aromatic rings. The fraction of sp³-hybridized carbons (Fsp3) is 0.217. The zero-order chi connectivity index (χ0) is 22.7. The van der Waals surface area contributed by atoms with Crippen LogP contribution < -0.4 is 10.2 Å². The van der Waals surface area contributed by atoms with Crippen molar-refractivity contribution in [3.05, 3.63) is 83.8 Å². The van der Waals surface area contributed by atoms with Gasteiger partial charge in [-0.2, -0.15) is 4.31 Å². The molecule has 166 valence electrons. The highest BCUT2D eigenvalue weighted by Crippen LogP contribution is 2.22. The molecule has 1 aliphatic heterocycles. The summed E-state index contributed by atoms with van der Waals surface area (Å²) in [7, 11) is -3.76. The van der Waals surface area contributed by atoms with E-state index in [0.717, 1.165) is 11.4 Å². The summed E-state index contributed by atoms with van der Waals surface area (Å²) in [5, 5.41) is 2.69. The van der Waals surface area contributed by atoms with E-state index in [0.29, 0.717) is 32.0 Å². The average molecular weight is 455 g/mol. The minimum Gasteiger partial charge on any atom is -0.369 e. The van der Waals surface area contributed by atoms with Crippen LogP contribution in [-0.4, -0.2) is 49.8 Å². The molecule has 1 amide bonds. The van der Waals surface area contributed by atoms with E-state index in [9.17, 15) is 17.6 Å². The highest BCUT2D eigenvalue weighted by molar-refractivity contribution is 7.89. The molecule has 1 aromatic heterocycles. The number of amides is 1. The molecule has 4 rings (SSSR count). The van der Waals surface area contributed by atoms with E-state index in [1.54, 1.807) is 36.4 Å². The van der Waals surface area contributed by atoms with Gasteiger partial charge in [0.05, 0.1) is 4.90 Å².